The Balaban J connectivity index is 2.00. The van der Waals surface area contributed by atoms with Gasteiger partial charge in [-0.05, 0) is 43.5 Å². The molecule has 0 radical (unpaired) electrons. The van der Waals surface area contributed by atoms with Crippen molar-refractivity contribution in [3.05, 3.63) is 24.3 Å². The van der Waals surface area contributed by atoms with Crippen molar-refractivity contribution in [2.45, 2.75) is 56.4 Å². The molecule has 1 rings (SSSR count). The number of aliphatic hydroxyl groups is 1. The molecule has 1 unspecified atom stereocenters. The van der Waals surface area contributed by atoms with Gasteiger partial charge >= 0.3 is 0 Å². The molecule has 0 bridgehead atoms. The fraction of sp³-hybridized carbons (Fsp3) is 0.667. The number of aliphatic hydroxyl groups excluding tert-OH is 1. The molecule has 0 fully saturated rings. The fourth-order valence-electron chi connectivity index (χ4n) is 2.22. The second kappa shape index (κ2) is 12.8. The Kier molecular flexibility index (Phi) is 11.2. The second-order valence-electron chi connectivity index (χ2n) is 5.61. The quantitative estimate of drug-likeness (QED) is 0.423. The number of ether oxygens (including phenoxy) is 1. The van der Waals surface area contributed by atoms with Crippen LogP contribution in [0.2, 0.25) is 0 Å². The topological polar surface area (TPSA) is 41.5 Å². The Labute approximate surface area is 139 Å². The van der Waals surface area contributed by atoms with Crippen LogP contribution < -0.4 is 10.1 Å². The molecule has 0 saturated heterocycles. The molecule has 0 aliphatic rings. The molecule has 22 heavy (non-hydrogen) atoms. The first-order chi connectivity index (χ1) is 10.8. The van der Waals surface area contributed by atoms with E-state index in [-0.39, 0.29) is 0 Å². The first-order valence-corrected chi connectivity index (χ1v) is 9.64. The van der Waals surface area contributed by atoms with Crippen LogP contribution >= 0.6 is 11.8 Å². The average molecular weight is 326 g/mol. The summed E-state index contributed by atoms with van der Waals surface area (Å²) in [6, 6.07) is 7.96. The van der Waals surface area contributed by atoms with Crippen molar-refractivity contribution >= 4 is 11.8 Å². The van der Waals surface area contributed by atoms with Gasteiger partial charge in [0.25, 0.3) is 0 Å². The second-order valence-corrected chi connectivity index (χ2v) is 6.49. The highest BCUT2D eigenvalue weighted by Gasteiger charge is 2.04. The predicted octanol–water partition coefficient (Wildman–Crippen LogP) is 4.10. The van der Waals surface area contributed by atoms with Crippen molar-refractivity contribution in [1.82, 2.24) is 5.32 Å². The maximum absolute atomic E-state index is 9.89. The van der Waals surface area contributed by atoms with Crippen LogP contribution in [0.5, 0.6) is 5.75 Å². The molecule has 126 valence electrons. The van der Waals surface area contributed by atoms with Gasteiger partial charge in [0.1, 0.15) is 18.5 Å². The maximum atomic E-state index is 9.89. The molecule has 0 saturated carbocycles. The summed E-state index contributed by atoms with van der Waals surface area (Å²) in [5.41, 5.74) is 0. The lowest BCUT2D eigenvalue weighted by Gasteiger charge is -2.13. The Morgan fingerprint density at radius 3 is 2.45 bits per heavy atom. The van der Waals surface area contributed by atoms with Crippen LogP contribution in [-0.2, 0) is 0 Å². The lowest BCUT2D eigenvalue weighted by atomic mass is 10.1. The number of benzene rings is 1. The van der Waals surface area contributed by atoms with E-state index in [0.717, 1.165) is 12.3 Å². The number of thioether (sulfide) groups is 1. The molecule has 0 aliphatic heterocycles. The SMILES string of the molecule is CCCCCCCCNCC(O)COc1ccc(SC)cc1. The van der Waals surface area contributed by atoms with Gasteiger partial charge in [0.15, 0.2) is 0 Å². The monoisotopic (exact) mass is 325 g/mol. The highest BCUT2D eigenvalue weighted by atomic mass is 32.2. The third-order valence-corrected chi connectivity index (χ3v) is 4.33. The zero-order valence-corrected chi connectivity index (χ0v) is 14.8. The van der Waals surface area contributed by atoms with Crippen LogP contribution in [-0.4, -0.2) is 37.2 Å². The molecule has 3 nitrogen and oxygen atoms in total. The third-order valence-electron chi connectivity index (χ3n) is 3.59. The minimum absolute atomic E-state index is 0.335. The summed E-state index contributed by atoms with van der Waals surface area (Å²) in [4.78, 5) is 1.22. The van der Waals surface area contributed by atoms with Crippen molar-refractivity contribution in [2.24, 2.45) is 0 Å². The molecule has 1 aromatic rings. The highest BCUT2D eigenvalue weighted by molar-refractivity contribution is 7.98. The van der Waals surface area contributed by atoms with Crippen molar-refractivity contribution in [3.8, 4) is 5.75 Å². The number of unbranched alkanes of at least 4 members (excludes halogenated alkanes) is 5. The molecule has 0 amide bonds. The average Bonchev–Trinajstić information content (AvgIpc) is 2.56. The van der Waals surface area contributed by atoms with Crippen molar-refractivity contribution in [1.29, 1.82) is 0 Å². The number of hydrogen-bond acceptors (Lipinski definition) is 4. The van der Waals surface area contributed by atoms with Crippen LogP contribution in [0, 0.1) is 0 Å². The summed E-state index contributed by atoms with van der Waals surface area (Å²) in [6.07, 6.45) is 9.38. The molecule has 1 atom stereocenters. The molecule has 4 heteroatoms. The van der Waals surface area contributed by atoms with E-state index in [1.54, 1.807) is 11.8 Å². The van der Waals surface area contributed by atoms with E-state index in [2.05, 4.69) is 18.5 Å². The van der Waals surface area contributed by atoms with Crippen LogP contribution in [0.3, 0.4) is 0 Å². The first kappa shape index (κ1) is 19.3. The van der Waals surface area contributed by atoms with Gasteiger partial charge in [-0.1, -0.05) is 39.0 Å². The van der Waals surface area contributed by atoms with Gasteiger partial charge in [-0.25, -0.2) is 0 Å². The van der Waals surface area contributed by atoms with E-state index in [1.165, 1.54) is 43.4 Å². The van der Waals surface area contributed by atoms with E-state index >= 15 is 0 Å². The van der Waals surface area contributed by atoms with Crippen LogP contribution in [0.4, 0.5) is 0 Å². The summed E-state index contributed by atoms with van der Waals surface area (Å²) >= 11 is 1.71. The summed E-state index contributed by atoms with van der Waals surface area (Å²) < 4.78 is 5.59. The normalized spacial score (nSPS) is 12.3. The summed E-state index contributed by atoms with van der Waals surface area (Å²) in [7, 11) is 0. The number of rotatable bonds is 13. The van der Waals surface area contributed by atoms with E-state index in [1.807, 2.05) is 24.3 Å². The highest BCUT2D eigenvalue weighted by Crippen LogP contribution is 2.18. The van der Waals surface area contributed by atoms with Gasteiger partial charge in [-0.3, -0.25) is 0 Å². The van der Waals surface area contributed by atoms with E-state index in [4.69, 9.17) is 4.74 Å². The molecule has 1 aromatic carbocycles. The zero-order valence-electron chi connectivity index (χ0n) is 14.0. The van der Waals surface area contributed by atoms with E-state index < -0.39 is 6.10 Å². The standard InChI is InChI=1S/C18H31NO2S/c1-3-4-5-6-7-8-13-19-14-16(20)15-21-17-9-11-18(22-2)12-10-17/h9-12,16,19-20H,3-8,13-15H2,1-2H3. The van der Waals surface area contributed by atoms with Crippen LogP contribution in [0.25, 0.3) is 0 Å². The number of hydrogen-bond donors (Lipinski definition) is 2. The maximum Gasteiger partial charge on any atom is 0.119 e. The van der Waals surface area contributed by atoms with Crippen molar-refractivity contribution < 1.29 is 9.84 Å². The van der Waals surface area contributed by atoms with Crippen LogP contribution in [0.1, 0.15) is 45.4 Å². The first-order valence-electron chi connectivity index (χ1n) is 8.42. The van der Waals surface area contributed by atoms with Crippen molar-refractivity contribution in [3.63, 3.8) is 0 Å². The Morgan fingerprint density at radius 2 is 1.77 bits per heavy atom. The molecule has 0 heterocycles. The molecule has 0 aliphatic carbocycles. The molecule has 2 N–H and O–H groups in total. The largest absolute Gasteiger partial charge is 0.491 e. The summed E-state index contributed by atoms with van der Waals surface area (Å²) in [5.74, 6) is 0.813. The lowest BCUT2D eigenvalue weighted by Crippen LogP contribution is -2.32. The smallest absolute Gasteiger partial charge is 0.119 e. The molecular formula is C18H31NO2S. The predicted molar refractivity (Wildman–Crippen MR) is 96.0 cm³/mol. The third kappa shape index (κ3) is 9.34. The minimum Gasteiger partial charge on any atom is -0.491 e. The van der Waals surface area contributed by atoms with Gasteiger partial charge in [-0.2, -0.15) is 0 Å². The minimum atomic E-state index is -0.458. The van der Waals surface area contributed by atoms with E-state index in [0.29, 0.717) is 13.2 Å². The van der Waals surface area contributed by atoms with E-state index in [9.17, 15) is 5.11 Å². The fourth-order valence-corrected chi connectivity index (χ4v) is 2.63. The molecule has 0 aromatic heterocycles. The van der Waals surface area contributed by atoms with Gasteiger partial charge in [0.05, 0.1) is 0 Å². The van der Waals surface area contributed by atoms with Gasteiger partial charge < -0.3 is 15.2 Å². The Morgan fingerprint density at radius 1 is 1.09 bits per heavy atom. The van der Waals surface area contributed by atoms with Crippen LogP contribution in [0.15, 0.2) is 29.2 Å². The Hall–Kier alpha value is -0.710. The van der Waals surface area contributed by atoms with Crippen molar-refractivity contribution in [2.75, 3.05) is 26.0 Å². The molecular weight excluding hydrogens is 294 g/mol. The zero-order chi connectivity index (χ0) is 16.0. The Bertz CT molecular complexity index is 370. The summed E-state index contributed by atoms with van der Waals surface area (Å²) in [6.45, 7) is 4.15. The summed E-state index contributed by atoms with van der Waals surface area (Å²) in [5, 5.41) is 13.2. The number of nitrogens with one attached hydrogen (secondary N) is 1. The lowest BCUT2D eigenvalue weighted by molar-refractivity contribution is 0.106. The molecule has 0 spiro atoms. The van der Waals surface area contributed by atoms with Gasteiger partial charge in [-0.15, -0.1) is 11.8 Å². The van der Waals surface area contributed by atoms with Gasteiger partial charge in [0, 0.05) is 11.4 Å². The van der Waals surface area contributed by atoms with Gasteiger partial charge in [0.2, 0.25) is 0 Å².